The summed E-state index contributed by atoms with van der Waals surface area (Å²) in [7, 11) is 3.64. The van der Waals surface area contributed by atoms with Crippen LogP contribution in [0.5, 0.6) is 0 Å². The lowest BCUT2D eigenvalue weighted by Crippen LogP contribution is -2.45. The maximum atomic E-state index is 14.2. The number of carbonyl (C=O) groups is 3. The maximum absolute atomic E-state index is 14.2. The Hall–Kier alpha value is -6.73. The number of piperidine rings is 2. The standard InChI is InChI=1S/C36H47N3O4.C29H37N3O3/c1-36(2,3)43-35(42)38-21-19-27(20-22-38)31(26-13-7-5-8-14-26)25-39(34(41)28-15-9-6-10-16-28)24-30-23-29-17-11-12-18-32(29)37(4)33(30)40;1-29(2,3)35-28(34)32-16-14-22(15-17-32)25(21-10-6-5-7-11-21)20-30-19-24-18-23-12-8-9-13-26(23)31(4)27(24)33/h5,7-8,11-14,17-18,23,27-28,31H,6,9-10,15-16,19-22,24-25H2,1-4H3;5-13,18,22,25,30H,14-17,19-20H2,1-4H3. The molecule has 1 aliphatic carbocycles. The molecule has 4 aromatic carbocycles. The molecule has 1 N–H and O–H groups in total. The van der Waals surface area contributed by atoms with Gasteiger partial charge in [0.15, 0.2) is 0 Å². The Morgan fingerprint density at radius 2 is 0.987 bits per heavy atom. The lowest BCUT2D eigenvalue weighted by Gasteiger charge is -2.39. The van der Waals surface area contributed by atoms with Crippen LogP contribution in [0.1, 0.15) is 133 Å². The highest BCUT2D eigenvalue weighted by molar-refractivity contribution is 5.81. The zero-order valence-electron chi connectivity index (χ0n) is 47.5. The van der Waals surface area contributed by atoms with Crippen molar-refractivity contribution < 1.29 is 23.9 Å². The molecule has 3 amide bonds. The van der Waals surface area contributed by atoms with Crippen molar-refractivity contribution in [2.75, 3.05) is 39.3 Å². The van der Waals surface area contributed by atoms with E-state index in [2.05, 4.69) is 53.8 Å². The third-order valence-corrected chi connectivity index (χ3v) is 16.1. The molecule has 3 fully saturated rings. The highest BCUT2D eigenvalue weighted by Gasteiger charge is 2.36. The minimum absolute atomic E-state index is 0.00324. The first-order valence-corrected chi connectivity index (χ1v) is 28.5. The predicted molar refractivity (Wildman–Crippen MR) is 312 cm³/mol. The number of ether oxygens (including phenoxy) is 2. The van der Waals surface area contributed by atoms with Crippen LogP contribution in [0.25, 0.3) is 21.8 Å². The minimum atomic E-state index is -0.527. The van der Waals surface area contributed by atoms with Gasteiger partial charge in [-0.25, -0.2) is 9.59 Å². The molecular weight excluding hydrogens is 977 g/mol. The molecule has 0 spiro atoms. The number of pyridine rings is 2. The summed E-state index contributed by atoms with van der Waals surface area (Å²) in [6.45, 7) is 16.2. The number of fused-ring (bicyclic) bond motifs is 2. The molecule has 9 rings (SSSR count). The van der Waals surface area contributed by atoms with Crippen LogP contribution in [0.2, 0.25) is 0 Å². The molecule has 13 nitrogen and oxygen atoms in total. The summed E-state index contributed by atoms with van der Waals surface area (Å²) in [6.07, 6.45) is 8.20. The number of hydrogen-bond donors (Lipinski definition) is 1. The average Bonchev–Trinajstić information content (AvgIpc) is 3.49. The van der Waals surface area contributed by atoms with Crippen molar-refractivity contribution in [3.63, 3.8) is 0 Å². The van der Waals surface area contributed by atoms with Gasteiger partial charge in [-0.1, -0.05) is 116 Å². The summed E-state index contributed by atoms with van der Waals surface area (Å²) in [5, 5.41) is 5.65. The van der Waals surface area contributed by atoms with Gasteiger partial charge in [0.05, 0.1) is 17.6 Å². The fourth-order valence-electron chi connectivity index (χ4n) is 12.0. The van der Waals surface area contributed by atoms with Gasteiger partial charge in [-0.15, -0.1) is 0 Å². The molecule has 2 unspecified atom stereocenters. The van der Waals surface area contributed by atoms with E-state index in [4.69, 9.17) is 9.47 Å². The Bertz CT molecular complexity index is 3080. The fourth-order valence-corrected chi connectivity index (χ4v) is 12.0. The van der Waals surface area contributed by atoms with Crippen LogP contribution in [-0.2, 0) is 41.5 Å². The molecule has 4 heterocycles. The molecule has 2 saturated heterocycles. The molecular formula is C65H84N6O7. The van der Waals surface area contributed by atoms with Gasteiger partial charge in [0.2, 0.25) is 5.91 Å². The van der Waals surface area contributed by atoms with Crippen LogP contribution in [0.4, 0.5) is 9.59 Å². The normalized spacial score (nSPS) is 16.8. The first-order valence-electron chi connectivity index (χ1n) is 28.5. The van der Waals surface area contributed by atoms with E-state index in [0.717, 1.165) is 85.3 Å². The van der Waals surface area contributed by atoms with Crippen LogP contribution in [0.3, 0.4) is 0 Å². The molecule has 3 aliphatic rings. The van der Waals surface area contributed by atoms with Gasteiger partial charge < -0.3 is 38.6 Å². The van der Waals surface area contributed by atoms with E-state index >= 15 is 0 Å². The van der Waals surface area contributed by atoms with Crippen molar-refractivity contribution in [3.8, 4) is 0 Å². The third-order valence-electron chi connectivity index (χ3n) is 16.1. The maximum Gasteiger partial charge on any atom is 0.410 e. The van der Waals surface area contributed by atoms with E-state index in [0.29, 0.717) is 69.1 Å². The SMILES string of the molecule is Cn1c(=O)c(CN(CC(c2ccccc2)C2CCN(C(=O)OC(C)(C)C)CC2)C(=O)C2CCCCC2)cc2ccccc21.Cn1c(=O)c(CNCC(c2ccccc2)C2CCN(C(=O)OC(C)(C)C)CC2)cc2ccccc21. The van der Waals surface area contributed by atoms with E-state index in [1.165, 1.54) is 17.5 Å². The lowest BCUT2D eigenvalue weighted by atomic mass is 9.79. The zero-order valence-corrected chi connectivity index (χ0v) is 47.5. The molecule has 0 bridgehead atoms. The van der Waals surface area contributed by atoms with Gasteiger partial charge in [0, 0.05) is 82.9 Å². The monoisotopic (exact) mass is 1060 g/mol. The topological polar surface area (TPSA) is 135 Å². The van der Waals surface area contributed by atoms with Gasteiger partial charge in [0.25, 0.3) is 11.1 Å². The van der Waals surface area contributed by atoms with Crippen molar-refractivity contribution in [2.24, 2.45) is 31.8 Å². The van der Waals surface area contributed by atoms with Crippen LogP contribution in [0, 0.1) is 17.8 Å². The number of likely N-dealkylation sites (tertiary alicyclic amines) is 2. The van der Waals surface area contributed by atoms with E-state index in [1.807, 2.05) is 143 Å². The van der Waals surface area contributed by atoms with Crippen LogP contribution in [-0.4, -0.2) is 92.4 Å². The van der Waals surface area contributed by atoms with E-state index in [1.54, 1.807) is 9.13 Å². The van der Waals surface area contributed by atoms with Gasteiger partial charge >= 0.3 is 12.2 Å². The largest absolute Gasteiger partial charge is 0.444 e. The molecule has 2 aliphatic heterocycles. The lowest BCUT2D eigenvalue weighted by molar-refractivity contribution is -0.137. The number of rotatable bonds is 13. The van der Waals surface area contributed by atoms with E-state index in [9.17, 15) is 24.0 Å². The molecule has 6 aromatic rings. The van der Waals surface area contributed by atoms with E-state index < -0.39 is 11.2 Å². The highest BCUT2D eigenvalue weighted by Crippen LogP contribution is 2.37. The Labute approximate surface area is 461 Å². The quantitative estimate of drug-likeness (QED) is 0.121. The summed E-state index contributed by atoms with van der Waals surface area (Å²) in [4.78, 5) is 71.6. The number of hydrogen-bond acceptors (Lipinski definition) is 8. The number of amides is 3. The molecule has 416 valence electrons. The Balaban J connectivity index is 0.000000210. The number of benzene rings is 4. The van der Waals surface area contributed by atoms with Gasteiger partial charge in [0.1, 0.15) is 11.2 Å². The second kappa shape index (κ2) is 25.8. The first-order chi connectivity index (χ1) is 37.3. The van der Waals surface area contributed by atoms with Crippen molar-refractivity contribution in [3.05, 3.63) is 164 Å². The summed E-state index contributed by atoms with van der Waals surface area (Å²) >= 11 is 0. The number of aromatic nitrogens is 2. The number of aryl methyl sites for hydroxylation is 2. The van der Waals surface area contributed by atoms with Crippen molar-refractivity contribution in [2.45, 2.75) is 135 Å². The first kappa shape index (κ1) is 57.4. The van der Waals surface area contributed by atoms with Crippen LogP contribution in [0.15, 0.2) is 131 Å². The number of carbonyl (C=O) groups excluding carboxylic acids is 3. The number of nitrogens with zero attached hydrogens (tertiary/aromatic N) is 5. The fraction of sp³-hybridized carbons (Fsp3) is 0.492. The second-order valence-electron chi connectivity index (χ2n) is 24.0. The Kier molecular flexibility index (Phi) is 19.0. The Morgan fingerprint density at radius 3 is 1.47 bits per heavy atom. The number of para-hydroxylation sites is 2. The zero-order chi connectivity index (χ0) is 55.6. The van der Waals surface area contributed by atoms with Crippen molar-refractivity contribution in [1.82, 2.24) is 29.2 Å². The van der Waals surface area contributed by atoms with Crippen LogP contribution < -0.4 is 16.4 Å². The molecule has 78 heavy (non-hydrogen) atoms. The van der Waals surface area contributed by atoms with E-state index in [-0.39, 0.29) is 41.0 Å². The summed E-state index contributed by atoms with van der Waals surface area (Å²) < 4.78 is 14.6. The van der Waals surface area contributed by atoms with Crippen LogP contribution >= 0.6 is 0 Å². The highest BCUT2D eigenvalue weighted by atomic mass is 16.6. The second-order valence-corrected chi connectivity index (χ2v) is 24.0. The molecule has 1 saturated carbocycles. The summed E-state index contributed by atoms with van der Waals surface area (Å²) in [5.41, 5.74) is 4.73. The predicted octanol–water partition coefficient (Wildman–Crippen LogP) is 11.9. The average molecular weight is 1060 g/mol. The number of nitrogens with one attached hydrogen (secondary N) is 1. The molecule has 13 heteroatoms. The summed E-state index contributed by atoms with van der Waals surface area (Å²) in [5.74, 6) is 1.32. The molecule has 0 radical (unpaired) electrons. The van der Waals surface area contributed by atoms with Gasteiger partial charge in [-0.3, -0.25) is 14.4 Å². The van der Waals surface area contributed by atoms with Gasteiger partial charge in [-0.05, 0) is 144 Å². The third kappa shape index (κ3) is 14.9. The molecule has 2 atom stereocenters. The van der Waals surface area contributed by atoms with Crippen molar-refractivity contribution >= 4 is 39.9 Å². The Morgan fingerprint density at radius 1 is 0.564 bits per heavy atom. The summed E-state index contributed by atoms with van der Waals surface area (Å²) in [6, 6.07) is 40.9. The van der Waals surface area contributed by atoms with Crippen molar-refractivity contribution in [1.29, 1.82) is 0 Å². The molecule has 2 aromatic heterocycles. The van der Waals surface area contributed by atoms with Gasteiger partial charge in [-0.2, -0.15) is 0 Å². The minimum Gasteiger partial charge on any atom is -0.444 e. The smallest absolute Gasteiger partial charge is 0.410 e.